The van der Waals surface area contributed by atoms with Gasteiger partial charge >= 0.3 is 0 Å². The minimum absolute atomic E-state index is 0.350. The van der Waals surface area contributed by atoms with E-state index in [-0.39, 0.29) is 0 Å². The smallest absolute Gasteiger partial charge is 0.0640 e. The molecule has 92 valence electrons. The molecule has 1 aromatic rings. The molecular weight excluding hydrogens is 210 g/mol. The zero-order valence-corrected chi connectivity index (χ0v) is 10.4. The van der Waals surface area contributed by atoms with Crippen LogP contribution in [0.5, 0.6) is 0 Å². The van der Waals surface area contributed by atoms with Gasteiger partial charge in [-0.15, -0.1) is 0 Å². The lowest BCUT2D eigenvalue weighted by Gasteiger charge is -2.14. The van der Waals surface area contributed by atoms with Crippen molar-refractivity contribution in [1.29, 1.82) is 0 Å². The number of hydrogen-bond donors (Lipinski definition) is 1. The van der Waals surface area contributed by atoms with E-state index in [2.05, 4.69) is 11.2 Å². The molecule has 3 aliphatic rings. The van der Waals surface area contributed by atoms with Crippen LogP contribution < -0.4 is 5.73 Å². The van der Waals surface area contributed by atoms with Gasteiger partial charge in [-0.1, -0.05) is 0 Å². The van der Waals surface area contributed by atoms with Crippen molar-refractivity contribution in [3.8, 4) is 0 Å². The molecule has 5 unspecified atom stereocenters. The third-order valence-corrected chi connectivity index (χ3v) is 5.50. The Bertz CT molecular complexity index is 422. The first-order valence-electron chi connectivity index (χ1n) is 6.98. The van der Waals surface area contributed by atoms with Crippen molar-refractivity contribution in [3.63, 3.8) is 0 Å². The first kappa shape index (κ1) is 10.1. The Morgan fingerprint density at radius 3 is 2.71 bits per heavy atom. The summed E-state index contributed by atoms with van der Waals surface area (Å²) in [4.78, 5) is 0. The number of nitrogens with two attached hydrogens (primary N) is 1. The zero-order valence-electron chi connectivity index (χ0n) is 10.4. The zero-order chi connectivity index (χ0) is 11.6. The number of rotatable bonds is 3. The van der Waals surface area contributed by atoms with Gasteiger partial charge in [0, 0.05) is 25.7 Å². The van der Waals surface area contributed by atoms with Crippen LogP contribution in [-0.2, 0) is 13.5 Å². The van der Waals surface area contributed by atoms with E-state index >= 15 is 0 Å². The molecule has 0 aliphatic heterocycles. The second-order valence-corrected chi connectivity index (χ2v) is 6.41. The molecule has 1 heterocycles. The average Bonchev–Trinajstić information content (AvgIpc) is 2.65. The number of aromatic nitrogens is 2. The standard InChI is InChI=1S/C14H21N3/c1-17-5-4-10(16-17)7-11(15)14-12-8-2-3-9(6-8)13(12)14/h4-5,8-9,11-14H,2-3,6-7,15H2,1H3. The van der Waals surface area contributed by atoms with Gasteiger partial charge in [-0.3, -0.25) is 4.68 Å². The Labute approximate surface area is 102 Å². The van der Waals surface area contributed by atoms with E-state index in [9.17, 15) is 0 Å². The van der Waals surface area contributed by atoms with E-state index in [1.807, 2.05) is 17.9 Å². The van der Waals surface area contributed by atoms with Crippen molar-refractivity contribution in [2.45, 2.75) is 31.7 Å². The highest BCUT2D eigenvalue weighted by Gasteiger charge is 2.66. The van der Waals surface area contributed by atoms with Crippen LogP contribution in [0.15, 0.2) is 12.3 Å². The third kappa shape index (κ3) is 1.41. The number of fused-ring (bicyclic) bond motifs is 5. The largest absolute Gasteiger partial charge is 0.327 e. The summed E-state index contributed by atoms with van der Waals surface area (Å²) in [6.07, 6.45) is 7.47. The fourth-order valence-electron chi connectivity index (χ4n) is 4.91. The molecule has 0 aromatic carbocycles. The van der Waals surface area contributed by atoms with Gasteiger partial charge in [0.25, 0.3) is 0 Å². The Hall–Kier alpha value is -0.830. The summed E-state index contributed by atoms with van der Waals surface area (Å²) < 4.78 is 1.87. The number of hydrogen-bond acceptors (Lipinski definition) is 2. The summed E-state index contributed by atoms with van der Waals surface area (Å²) in [5.74, 6) is 4.87. The predicted octanol–water partition coefficient (Wildman–Crippen LogP) is 1.58. The van der Waals surface area contributed by atoms with Gasteiger partial charge in [0.1, 0.15) is 0 Å². The van der Waals surface area contributed by atoms with Crippen molar-refractivity contribution >= 4 is 0 Å². The van der Waals surface area contributed by atoms with Crippen molar-refractivity contribution in [2.75, 3.05) is 0 Å². The molecular formula is C14H21N3. The quantitative estimate of drug-likeness (QED) is 0.858. The van der Waals surface area contributed by atoms with E-state index in [1.54, 1.807) is 0 Å². The van der Waals surface area contributed by atoms with Crippen LogP contribution in [-0.4, -0.2) is 15.8 Å². The van der Waals surface area contributed by atoms with Crippen molar-refractivity contribution in [3.05, 3.63) is 18.0 Å². The molecule has 5 atom stereocenters. The van der Waals surface area contributed by atoms with Crippen LogP contribution >= 0.6 is 0 Å². The van der Waals surface area contributed by atoms with E-state index in [4.69, 9.17) is 5.73 Å². The summed E-state index contributed by atoms with van der Waals surface area (Å²) in [6.45, 7) is 0. The molecule has 3 fully saturated rings. The van der Waals surface area contributed by atoms with Crippen LogP contribution in [0, 0.1) is 29.6 Å². The molecule has 1 aromatic heterocycles. The minimum atomic E-state index is 0.350. The lowest BCUT2D eigenvalue weighted by molar-refractivity contribution is 0.407. The van der Waals surface area contributed by atoms with Gasteiger partial charge < -0.3 is 5.73 Å². The Kier molecular flexibility index (Phi) is 1.99. The fourth-order valence-corrected chi connectivity index (χ4v) is 4.91. The second-order valence-electron chi connectivity index (χ2n) is 6.41. The van der Waals surface area contributed by atoms with Crippen LogP contribution in [0.4, 0.5) is 0 Å². The van der Waals surface area contributed by atoms with E-state index in [0.717, 1.165) is 41.7 Å². The van der Waals surface area contributed by atoms with Gasteiger partial charge in [-0.25, -0.2) is 0 Å². The van der Waals surface area contributed by atoms with Gasteiger partial charge in [0.15, 0.2) is 0 Å². The molecule has 0 spiro atoms. The molecule has 0 amide bonds. The number of nitrogens with zero attached hydrogens (tertiary/aromatic N) is 2. The van der Waals surface area contributed by atoms with Crippen molar-refractivity contribution in [1.82, 2.24) is 9.78 Å². The van der Waals surface area contributed by atoms with Gasteiger partial charge in [-0.2, -0.15) is 5.10 Å². The van der Waals surface area contributed by atoms with Crippen molar-refractivity contribution in [2.24, 2.45) is 42.4 Å². The predicted molar refractivity (Wildman–Crippen MR) is 66.2 cm³/mol. The monoisotopic (exact) mass is 231 g/mol. The second kappa shape index (κ2) is 3.35. The maximum atomic E-state index is 6.41. The lowest BCUT2D eigenvalue weighted by atomic mass is 9.95. The maximum absolute atomic E-state index is 6.41. The first-order valence-corrected chi connectivity index (χ1v) is 6.98. The summed E-state index contributed by atoms with van der Waals surface area (Å²) in [7, 11) is 1.97. The molecule has 2 bridgehead atoms. The maximum Gasteiger partial charge on any atom is 0.0640 e. The Morgan fingerprint density at radius 1 is 1.41 bits per heavy atom. The molecule has 4 rings (SSSR count). The Balaban J connectivity index is 1.44. The lowest BCUT2D eigenvalue weighted by Crippen LogP contribution is -2.28. The van der Waals surface area contributed by atoms with E-state index < -0.39 is 0 Å². The van der Waals surface area contributed by atoms with E-state index in [1.165, 1.54) is 19.3 Å². The first-order chi connectivity index (χ1) is 8.24. The van der Waals surface area contributed by atoms with Gasteiger partial charge in [0.2, 0.25) is 0 Å². The van der Waals surface area contributed by atoms with Gasteiger partial charge in [0.05, 0.1) is 5.69 Å². The topological polar surface area (TPSA) is 43.8 Å². The normalized spacial score (nSPS) is 43.8. The van der Waals surface area contributed by atoms with Crippen LogP contribution in [0.3, 0.4) is 0 Å². The molecule has 3 nitrogen and oxygen atoms in total. The SMILES string of the molecule is Cn1ccc(CC(N)C2C3C4CCC(C4)C23)n1. The molecule has 3 heteroatoms. The van der Waals surface area contributed by atoms with E-state index in [0.29, 0.717) is 6.04 Å². The molecule has 17 heavy (non-hydrogen) atoms. The highest BCUT2D eigenvalue weighted by atomic mass is 15.2. The molecule has 2 N–H and O–H groups in total. The average molecular weight is 231 g/mol. The number of aryl methyl sites for hydroxylation is 1. The van der Waals surface area contributed by atoms with Crippen LogP contribution in [0.25, 0.3) is 0 Å². The van der Waals surface area contributed by atoms with Crippen LogP contribution in [0.1, 0.15) is 25.0 Å². The van der Waals surface area contributed by atoms with Crippen molar-refractivity contribution < 1.29 is 0 Å². The summed E-state index contributed by atoms with van der Waals surface area (Å²) in [6, 6.07) is 2.45. The fraction of sp³-hybridized carbons (Fsp3) is 0.786. The minimum Gasteiger partial charge on any atom is -0.327 e. The molecule has 0 radical (unpaired) electrons. The molecule has 3 saturated carbocycles. The Morgan fingerprint density at radius 2 is 2.12 bits per heavy atom. The highest BCUT2D eigenvalue weighted by molar-refractivity contribution is 5.17. The van der Waals surface area contributed by atoms with Gasteiger partial charge in [-0.05, 0) is 54.9 Å². The summed E-state index contributed by atoms with van der Waals surface area (Å²) in [5.41, 5.74) is 7.58. The summed E-state index contributed by atoms with van der Waals surface area (Å²) >= 11 is 0. The molecule has 0 saturated heterocycles. The highest BCUT2D eigenvalue weighted by Crippen LogP contribution is 2.70. The third-order valence-electron chi connectivity index (χ3n) is 5.50. The summed E-state index contributed by atoms with van der Waals surface area (Å²) in [5, 5.41) is 4.45. The van der Waals surface area contributed by atoms with Crippen LogP contribution in [0.2, 0.25) is 0 Å². The molecule has 3 aliphatic carbocycles.